The number of hydrogen-bond donors (Lipinski definition) is 2. The van der Waals surface area contributed by atoms with Gasteiger partial charge in [-0.2, -0.15) is 0 Å². The minimum atomic E-state index is -1.12. The molecule has 0 aliphatic rings. The molecule has 7 heteroatoms. The topological polar surface area (TPSA) is 82.5 Å². The van der Waals surface area contributed by atoms with Gasteiger partial charge < -0.3 is 15.3 Å². The zero-order valence-electron chi connectivity index (χ0n) is 10.4. The summed E-state index contributed by atoms with van der Waals surface area (Å²) in [6, 6.07) is 4.72. The molecule has 0 atom stereocenters. The van der Waals surface area contributed by atoms with E-state index in [1.807, 2.05) is 0 Å². The highest BCUT2D eigenvalue weighted by Gasteiger charge is 2.16. The molecule has 0 aliphatic carbocycles. The molecule has 0 spiro atoms. The van der Waals surface area contributed by atoms with Crippen molar-refractivity contribution in [1.29, 1.82) is 0 Å². The lowest BCUT2D eigenvalue weighted by Crippen LogP contribution is -2.39. The van der Waals surface area contributed by atoms with Crippen LogP contribution in [0, 0.1) is 12.3 Å². The Morgan fingerprint density at radius 3 is 3.00 bits per heavy atom. The first kappa shape index (κ1) is 13.8. The van der Waals surface area contributed by atoms with Crippen LogP contribution in [0.15, 0.2) is 23.7 Å². The number of nitrogens with zero attached hydrogens (tertiary/aromatic N) is 2. The van der Waals surface area contributed by atoms with Crippen LogP contribution in [0.2, 0.25) is 0 Å². The molecule has 1 aromatic carbocycles. The van der Waals surface area contributed by atoms with E-state index in [2.05, 4.69) is 16.2 Å². The number of terminal acetylenes is 1. The molecule has 2 amide bonds. The number of carboxylic acid groups (broad SMARTS) is 1. The predicted molar refractivity (Wildman–Crippen MR) is 76.7 cm³/mol. The van der Waals surface area contributed by atoms with Crippen LogP contribution >= 0.6 is 11.3 Å². The summed E-state index contributed by atoms with van der Waals surface area (Å²) in [7, 11) is 0. The summed E-state index contributed by atoms with van der Waals surface area (Å²) in [6.07, 6.45) is 5.13. The Balaban J connectivity index is 2.12. The molecule has 0 saturated heterocycles. The molecule has 0 bridgehead atoms. The molecular weight excluding hydrogens is 278 g/mol. The van der Waals surface area contributed by atoms with E-state index in [9.17, 15) is 9.59 Å². The van der Waals surface area contributed by atoms with Crippen molar-refractivity contribution in [2.45, 2.75) is 0 Å². The minimum absolute atomic E-state index is 0.0685. The largest absolute Gasteiger partial charge is 0.480 e. The van der Waals surface area contributed by atoms with Gasteiger partial charge in [-0.25, -0.2) is 9.78 Å². The Hall–Kier alpha value is -2.59. The Morgan fingerprint density at radius 2 is 2.30 bits per heavy atom. The lowest BCUT2D eigenvalue weighted by atomic mass is 10.3. The first-order chi connectivity index (χ1) is 9.60. The fourth-order valence-corrected chi connectivity index (χ4v) is 2.32. The molecule has 20 heavy (non-hydrogen) atoms. The van der Waals surface area contributed by atoms with Gasteiger partial charge in [0.2, 0.25) is 0 Å². The number of benzene rings is 1. The first-order valence-corrected chi connectivity index (χ1v) is 6.52. The highest BCUT2D eigenvalue weighted by Crippen LogP contribution is 2.21. The second-order valence-electron chi connectivity index (χ2n) is 3.92. The highest BCUT2D eigenvalue weighted by atomic mass is 32.1. The molecule has 2 rings (SSSR count). The summed E-state index contributed by atoms with van der Waals surface area (Å²) in [5, 5.41) is 11.4. The molecule has 6 nitrogen and oxygen atoms in total. The van der Waals surface area contributed by atoms with Gasteiger partial charge in [0.25, 0.3) is 0 Å². The van der Waals surface area contributed by atoms with Crippen molar-refractivity contribution in [3.8, 4) is 12.3 Å². The number of carboxylic acids is 1. The molecule has 0 unspecified atom stereocenters. The molecule has 0 aliphatic heterocycles. The highest BCUT2D eigenvalue weighted by molar-refractivity contribution is 7.16. The Bertz CT molecular complexity index is 689. The number of amides is 2. The van der Waals surface area contributed by atoms with Crippen molar-refractivity contribution >= 4 is 39.2 Å². The molecule has 0 saturated carbocycles. The molecular formula is C13H11N3O3S. The van der Waals surface area contributed by atoms with Gasteiger partial charge in [0.1, 0.15) is 6.54 Å². The molecule has 102 valence electrons. The second-order valence-corrected chi connectivity index (χ2v) is 4.81. The second kappa shape index (κ2) is 6.04. The number of fused-ring (bicyclic) bond motifs is 1. The van der Waals surface area contributed by atoms with Crippen LogP contribution in [-0.2, 0) is 4.79 Å². The van der Waals surface area contributed by atoms with E-state index < -0.39 is 18.5 Å². The Kier molecular flexibility index (Phi) is 4.17. The normalized spacial score (nSPS) is 9.95. The lowest BCUT2D eigenvalue weighted by molar-refractivity contribution is -0.137. The van der Waals surface area contributed by atoms with E-state index in [4.69, 9.17) is 11.5 Å². The van der Waals surface area contributed by atoms with Crippen LogP contribution in [0.1, 0.15) is 0 Å². The number of hydrogen-bond acceptors (Lipinski definition) is 4. The van der Waals surface area contributed by atoms with E-state index in [0.717, 1.165) is 15.1 Å². The number of carbonyl (C=O) groups is 2. The molecule has 2 N–H and O–H groups in total. The van der Waals surface area contributed by atoms with Crippen LogP contribution in [0.25, 0.3) is 10.2 Å². The summed E-state index contributed by atoms with van der Waals surface area (Å²) < 4.78 is 0.935. The number of carbonyl (C=O) groups excluding carboxylic acids is 1. The zero-order chi connectivity index (χ0) is 14.5. The average molecular weight is 289 g/mol. The van der Waals surface area contributed by atoms with Gasteiger partial charge in [-0.1, -0.05) is 5.92 Å². The van der Waals surface area contributed by atoms with E-state index in [-0.39, 0.29) is 6.54 Å². The average Bonchev–Trinajstić information content (AvgIpc) is 2.85. The monoisotopic (exact) mass is 289 g/mol. The molecule has 0 radical (unpaired) electrons. The summed E-state index contributed by atoms with van der Waals surface area (Å²) in [5.74, 6) is 1.14. The van der Waals surface area contributed by atoms with Crippen LogP contribution in [0.4, 0.5) is 10.5 Å². The fraction of sp³-hybridized carbons (Fsp3) is 0.154. The number of urea groups is 1. The number of thiazole rings is 1. The summed E-state index contributed by atoms with van der Waals surface area (Å²) in [4.78, 5) is 27.8. The quantitative estimate of drug-likeness (QED) is 0.841. The SMILES string of the molecule is C#CCN(CC(=O)O)C(=O)Nc1ccc2ncsc2c1. The van der Waals surface area contributed by atoms with Gasteiger partial charge >= 0.3 is 12.0 Å². The van der Waals surface area contributed by atoms with Crippen LogP contribution in [0.3, 0.4) is 0 Å². The third kappa shape index (κ3) is 3.24. The van der Waals surface area contributed by atoms with Gasteiger partial charge in [0, 0.05) is 5.69 Å². The Labute approximate surface area is 119 Å². The number of rotatable bonds is 4. The molecule has 1 aromatic heterocycles. The maximum atomic E-state index is 12.0. The first-order valence-electron chi connectivity index (χ1n) is 5.64. The van der Waals surface area contributed by atoms with Gasteiger partial charge in [-0.05, 0) is 18.2 Å². The van der Waals surface area contributed by atoms with Crippen molar-refractivity contribution in [2.75, 3.05) is 18.4 Å². The fourth-order valence-electron chi connectivity index (χ4n) is 1.61. The predicted octanol–water partition coefficient (Wildman–Crippen LogP) is 1.85. The maximum Gasteiger partial charge on any atom is 0.323 e. The number of aliphatic carboxylic acids is 1. The summed E-state index contributed by atoms with van der Waals surface area (Å²) in [6.45, 7) is -0.514. The maximum absolute atomic E-state index is 12.0. The standard InChI is InChI=1S/C13H11N3O3S/c1-2-5-16(7-12(17)18)13(19)15-9-3-4-10-11(6-9)20-8-14-10/h1,3-4,6,8H,5,7H2,(H,15,19)(H,17,18). The van der Waals surface area contributed by atoms with Crippen LogP contribution in [-0.4, -0.2) is 40.1 Å². The number of anilines is 1. The van der Waals surface area contributed by atoms with Gasteiger partial charge in [0.05, 0.1) is 22.3 Å². The van der Waals surface area contributed by atoms with E-state index in [1.165, 1.54) is 11.3 Å². The van der Waals surface area contributed by atoms with E-state index in [1.54, 1.807) is 23.7 Å². The van der Waals surface area contributed by atoms with Crippen molar-refractivity contribution < 1.29 is 14.7 Å². The van der Waals surface area contributed by atoms with Crippen LogP contribution in [0.5, 0.6) is 0 Å². The summed E-state index contributed by atoms with van der Waals surface area (Å²) in [5.41, 5.74) is 3.13. The van der Waals surface area contributed by atoms with Crippen molar-refractivity contribution in [3.63, 3.8) is 0 Å². The third-order valence-corrected chi connectivity index (χ3v) is 3.27. The number of aromatic nitrogens is 1. The van der Waals surface area contributed by atoms with Gasteiger partial charge in [0.15, 0.2) is 0 Å². The molecule has 2 aromatic rings. The zero-order valence-corrected chi connectivity index (χ0v) is 11.2. The third-order valence-electron chi connectivity index (χ3n) is 2.48. The van der Waals surface area contributed by atoms with Crippen molar-refractivity contribution in [3.05, 3.63) is 23.7 Å². The number of nitrogens with one attached hydrogen (secondary N) is 1. The van der Waals surface area contributed by atoms with Crippen molar-refractivity contribution in [1.82, 2.24) is 9.88 Å². The molecule has 0 fully saturated rings. The Morgan fingerprint density at radius 1 is 1.50 bits per heavy atom. The summed E-state index contributed by atoms with van der Waals surface area (Å²) >= 11 is 1.46. The minimum Gasteiger partial charge on any atom is -0.480 e. The van der Waals surface area contributed by atoms with Gasteiger partial charge in [-0.15, -0.1) is 17.8 Å². The van der Waals surface area contributed by atoms with E-state index in [0.29, 0.717) is 5.69 Å². The molecule has 1 heterocycles. The van der Waals surface area contributed by atoms with E-state index >= 15 is 0 Å². The van der Waals surface area contributed by atoms with Gasteiger partial charge in [-0.3, -0.25) is 4.79 Å². The van der Waals surface area contributed by atoms with Crippen molar-refractivity contribution in [2.24, 2.45) is 0 Å². The lowest BCUT2D eigenvalue weighted by Gasteiger charge is -2.18. The smallest absolute Gasteiger partial charge is 0.323 e. The van der Waals surface area contributed by atoms with Crippen LogP contribution < -0.4 is 5.32 Å².